The van der Waals surface area contributed by atoms with Crippen LogP contribution in [0.4, 0.5) is 0 Å². The molecule has 0 amide bonds. The maximum Gasteiger partial charge on any atom is 0.311 e. The number of fused-ring (bicyclic) bond motifs is 7. The van der Waals surface area contributed by atoms with E-state index in [-0.39, 0.29) is 39.2 Å². The normalized spacial score (nSPS) is 42.1. The molecular weight excluding hydrogens is 472 g/mol. The molecule has 0 saturated heterocycles. The van der Waals surface area contributed by atoms with Crippen molar-refractivity contribution in [2.45, 2.75) is 113 Å². The second-order valence-corrected chi connectivity index (χ2v) is 14.5. The molecule has 3 fully saturated rings. The van der Waals surface area contributed by atoms with Crippen LogP contribution in [0.15, 0.2) is 46.3 Å². The van der Waals surface area contributed by atoms with Crippen LogP contribution in [0.25, 0.3) is 0 Å². The highest BCUT2D eigenvalue weighted by Gasteiger charge is 2.67. The van der Waals surface area contributed by atoms with Gasteiger partial charge in [0.05, 0.1) is 12.0 Å². The SMILES string of the molecule is CCCCCOC(=O)[C@]1(C)CC[C@]2(C)CC[C@]3(C)C4=CC=C5C(=CC(=O)C(O)=C5C)[C@]4(C)CC[C@@]3(C)[C@@H]2C1. The van der Waals surface area contributed by atoms with E-state index in [4.69, 9.17) is 4.74 Å². The highest BCUT2D eigenvalue weighted by atomic mass is 16.5. The minimum absolute atomic E-state index is 0.00424. The molecule has 5 aliphatic carbocycles. The lowest BCUT2D eigenvalue weighted by Crippen LogP contribution is -2.62. The van der Waals surface area contributed by atoms with Gasteiger partial charge in [-0.15, -0.1) is 0 Å². The van der Waals surface area contributed by atoms with Gasteiger partial charge in [-0.25, -0.2) is 0 Å². The summed E-state index contributed by atoms with van der Waals surface area (Å²) < 4.78 is 5.86. The van der Waals surface area contributed by atoms with E-state index in [1.807, 2.05) is 6.92 Å². The zero-order valence-corrected chi connectivity index (χ0v) is 24.8. The van der Waals surface area contributed by atoms with Gasteiger partial charge in [-0.1, -0.05) is 65.2 Å². The molecule has 1 N–H and O–H groups in total. The summed E-state index contributed by atoms with van der Waals surface area (Å²) in [5.41, 5.74) is 3.82. The molecule has 4 heteroatoms. The Morgan fingerprint density at radius 2 is 1.71 bits per heavy atom. The van der Waals surface area contributed by atoms with Crippen molar-refractivity contribution in [2.24, 2.45) is 33.0 Å². The molecule has 0 spiro atoms. The highest BCUT2D eigenvalue weighted by molar-refractivity contribution is 6.06. The second-order valence-electron chi connectivity index (χ2n) is 14.5. The maximum atomic E-state index is 13.4. The second kappa shape index (κ2) is 8.96. The molecule has 38 heavy (non-hydrogen) atoms. The predicted octanol–water partition coefficient (Wildman–Crippen LogP) is 8.35. The zero-order chi connectivity index (χ0) is 27.7. The number of carbonyl (C=O) groups excluding carboxylic acids is 2. The monoisotopic (exact) mass is 520 g/mol. The van der Waals surface area contributed by atoms with Crippen molar-refractivity contribution in [1.82, 2.24) is 0 Å². The van der Waals surface area contributed by atoms with Crippen molar-refractivity contribution in [1.29, 1.82) is 0 Å². The summed E-state index contributed by atoms with van der Waals surface area (Å²) in [6.45, 7) is 16.5. The van der Waals surface area contributed by atoms with Gasteiger partial charge in [-0.05, 0) is 105 Å². The van der Waals surface area contributed by atoms with E-state index >= 15 is 0 Å². The fourth-order valence-corrected chi connectivity index (χ4v) is 9.33. The molecule has 0 aromatic carbocycles. The third-order valence-corrected chi connectivity index (χ3v) is 12.3. The number of esters is 1. The number of carbonyl (C=O) groups is 2. The number of aliphatic hydroxyl groups excluding tert-OH is 1. The quantitative estimate of drug-likeness (QED) is 0.292. The van der Waals surface area contributed by atoms with Crippen LogP contribution >= 0.6 is 0 Å². The lowest BCUT2D eigenvalue weighted by atomic mass is 9.34. The van der Waals surface area contributed by atoms with E-state index in [0.29, 0.717) is 18.1 Å². The average Bonchev–Trinajstić information content (AvgIpc) is 2.88. The zero-order valence-electron chi connectivity index (χ0n) is 24.8. The Bertz CT molecular complexity index is 1180. The standard InChI is InChI=1S/C34H48O4/c1-8-9-10-19-38-29(37)31(4)14-13-30(3)15-17-33(6)26-12-11-23-22(2)28(36)25(35)20-24(23)32(26,5)16-18-34(33,7)27(30)21-31/h11-12,20,27,36H,8-10,13-19,21H2,1-7H3/t27-,30-,31-,32+,33-,34+/m1/s1. The third-order valence-electron chi connectivity index (χ3n) is 12.3. The van der Waals surface area contributed by atoms with E-state index in [1.54, 1.807) is 6.08 Å². The summed E-state index contributed by atoms with van der Waals surface area (Å²) in [5.74, 6) is 0.0416. The Balaban J connectivity index is 1.51. The number of aliphatic hydroxyl groups is 1. The third kappa shape index (κ3) is 3.68. The summed E-state index contributed by atoms with van der Waals surface area (Å²) in [6.07, 6.45) is 16.5. The topological polar surface area (TPSA) is 63.6 Å². The Labute approximate surface area is 229 Å². The molecule has 4 nitrogen and oxygen atoms in total. The number of allylic oxidation sites excluding steroid dienone is 7. The molecule has 0 unspecified atom stereocenters. The largest absolute Gasteiger partial charge is 0.504 e. The Hall–Kier alpha value is -2.10. The van der Waals surface area contributed by atoms with Crippen molar-refractivity contribution in [2.75, 3.05) is 6.61 Å². The van der Waals surface area contributed by atoms with Gasteiger partial charge < -0.3 is 9.84 Å². The van der Waals surface area contributed by atoms with E-state index in [9.17, 15) is 14.7 Å². The van der Waals surface area contributed by atoms with E-state index in [0.717, 1.165) is 75.4 Å². The van der Waals surface area contributed by atoms with Crippen LogP contribution in [0.3, 0.4) is 0 Å². The van der Waals surface area contributed by atoms with Crippen LogP contribution < -0.4 is 0 Å². The number of hydrogen-bond donors (Lipinski definition) is 1. The molecule has 208 valence electrons. The number of ether oxygens (including phenoxy) is 1. The number of unbranched alkanes of at least 4 members (excludes halogenated alkanes) is 2. The highest BCUT2D eigenvalue weighted by Crippen LogP contribution is 2.75. The molecule has 0 bridgehead atoms. The Morgan fingerprint density at radius 3 is 2.42 bits per heavy atom. The van der Waals surface area contributed by atoms with Gasteiger partial charge in [-0.2, -0.15) is 0 Å². The molecule has 0 aromatic heterocycles. The van der Waals surface area contributed by atoms with Gasteiger partial charge in [0.2, 0.25) is 5.78 Å². The van der Waals surface area contributed by atoms with Gasteiger partial charge in [0.1, 0.15) is 0 Å². The molecule has 3 saturated carbocycles. The van der Waals surface area contributed by atoms with E-state index < -0.39 is 5.41 Å². The summed E-state index contributed by atoms with van der Waals surface area (Å²) in [6, 6.07) is 0. The molecule has 5 rings (SSSR count). The van der Waals surface area contributed by atoms with Crippen LogP contribution in [0.1, 0.15) is 113 Å². The van der Waals surface area contributed by atoms with Crippen molar-refractivity contribution in [3.05, 3.63) is 46.3 Å². The average molecular weight is 521 g/mol. The molecule has 5 aliphatic rings. The van der Waals surface area contributed by atoms with Gasteiger partial charge >= 0.3 is 5.97 Å². The Kier molecular flexibility index (Phi) is 6.48. The summed E-state index contributed by atoms with van der Waals surface area (Å²) in [5, 5.41) is 10.4. The molecule has 0 radical (unpaired) electrons. The first-order valence-corrected chi connectivity index (χ1v) is 15.0. The number of ketones is 1. The molecular formula is C34H48O4. The van der Waals surface area contributed by atoms with Crippen LogP contribution in [-0.2, 0) is 14.3 Å². The minimum Gasteiger partial charge on any atom is -0.504 e. The van der Waals surface area contributed by atoms with E-state index in [2.05, 4.69) is 53.7 Å². The van der Waals surface area contributed by atoms with Crippen LogP contribution in [-0.4, -0.2) is 23.5 Å². The number of hydrogen-bond acceptors (Lipinski definition) is 4. The smallest absolute Gasteiger partial charge is 0.311 e. The molecule has 0 aromatic rings. The summed E-state index contributed by atoms with van der Waals surface area (Å²) >= 11 is 0. The summed E-state index contributed by atoms with van der Waals surface area (Å²) in [7, 11) is 0. The molecule has 6 atom stereocenters. The first-order valence-electron chi connectivity index (χ1n) is 15.0. The van der Waals surface area contributed by atoms with Crippen molar-refractivity contribution < 1.29 is 19.4 Å². The van der Waals surface area contributed by atoms with Crippen molar-refractivity contribution in [3.63, 3.8) is 0 Å². The first kappa shape index (κ1) is 27.5. The maximum absolute atomic E-state index is 13.4. The van der Waals surface area contributed by atoms with Gasteiger partial charge in [-0.3, -0.25) is 9.59 Å². The van der Waals surface area contributed by atoms with Crippen molar-refractivity contribution in [3.8, 4) is 0 Å². The number of rotatable bonds is 5. The predicted molar refractivity (Wildman–Crippen MR) is 151 cm³/mol. The fraction of sp³-hybridized carbons (Fsp3) is 0.706. The lowest BCUT2D eigenvalue weighted by Gasteiger charge is -2.70. The molecule has 0 heterocycles. The fourth-order valence-electron chi connectivity index (χ4n) is 9.33. The Morgan fingerprint density at radius 1 is 1.00 bits per heavy atom. The van der Waals surface area contributed by atoms with Gasteiger partial charge in [0.15, 0.2) is 5.76 Å². The van der Waals surface area contributed by atoms with Crippen molar-refractivity contribution >= 4 is 11.8 Å². The first-order chi connectivity index (χ1) is 17.8. The van der Waals surface area contributed by atoms with Gasteiger partial charge in [0.25, 0.3) is 0 Å². The van der Waals surface area contributed by atoms with Crippen LogP contribution in [0, 0.1) is 33.0 Å². The van der Waals surface area contributed by atoms with Gasteiger partial charge in [0, 0.05) is 11.0 Å². The van der Waals surface area contributed by atoms with E-state index in [1.165, 1.54) is 5.57 Å². The minimum atomic E-state index is -0.426. The van der Waals surface area contributed by atoms with Crippen LogP contribution in [0.2, 0.25) is 0 Å². The van der Waals surface area contributed by atoms with Crippen LogP contribution in [0.5, 0.6) is 0 Å². The lowest BCUT2D eigenvalue weighted by molar-refractivity contribution is -0.182. The summed E-state index contributed by atoms with van der Waals surface area (Å²) in [4.78, 5) is 26.1. The molecule has 0 aliphatic heterocycles.